The van der Waals surface area contributed by atoms with Gasteiger partial charge in [0.05, 0.1) is 10.6 Å². The highest BCUT2D eigenvalue weighted by molar-refractivity contribution is 7.13. The van der Waals surface area contributed by atoms with Crippen molar-refractivity contribution in [3.8, 4) is 39.4 Å². The first-order valence-electron chi connectivity index (χ1n) is 12.1. The van der Waals surface area contributed by atoms with E-state index in [9.17, 15) is 0 Å². The molecule has 0 bridgehead atoms. The Balaban J connectivity index is 1.13. The molecule has 176 valence electrons. The number of hydrogen-bond acceptors (Lipinski definition) is 5. The molecule has 1 fully saturated rings. The number of H-pyrrole nitrogens is 1. The van der Waals surface area contributed by atoms with E-state index in [2.05, 4.69) is 68.5 Å². The van der Waals surface area contributed by atoms with Crippen molar-refractivity contribution in [2.75, 3.05) is 39.8 Å². The monoisotopic (exact) mass is 480 g/mol. The van der Waals surface area contributed by atoms with Crippen molar-refractivity contribution in [1.82, 2.24) is 20.0 Å². The van der Waals surface area contributed by atoms with Crippen LogP contribution in [0.2, 0.25) is 0 Å². The first kappa shape index (κ1) is 22.1. The summed E-state index contributed by atoms with van der Waals surface area (Å²) in [5.74, 6) is 7.18. The number of piperazine rings is 1. The van der Waals surface area contributed by atoms with E-state index in [1.807, 2.05) is 30.3 Å². The van der Waals surface area contributed by atoms with E-state index in [0.717, 1.165) is 61.0 Å². The molecule has 1 N–H and O–H groups in total. The Hall–Kier alpha value is -3.37. The summed E-state index contributed by atoms with van der Waals surface area (Å²) >= 11 is 1.70. The number of hydrogen-bond donors (Lipinski definition) is 1. The van der Waals surface area contributed by atoms with E-state index in [1.54, 1.807) is 11.3 Å². The lowest BCUT2D eigenvalue weighted by Gasteiger charge is -2.32. The zero-order chi connectivity index (χ0) is 23.6. The number of rotatable bonds is 5. The molecule has 5 nitrogen and oxygen atoms in total. The van der Waals surface area contributed by atoms with Gasteiger partial charge in [-0.05, 0) is 36.4 Å². The number of likely N-dealkylation sites (N-methyl/N-ethyl adjacent to an activating group) is 1. The summed E-state index contributed by atoms with van der Waals surface area (Å²) in [7, 11) is 2.20. The van der Waals surface area contributed by atoms with Crippen LogP contribution in [-0.4, -0.2) is 59.8 Å². The molecule has 2 aromatic carbocycles. The largest absolute Gasteiger partial charge is 0.481 e. The summed E-state index contributed by atoms with van der Waals surface area (Å²) in [4.78, 5) is 6.11. The van der Waals surface area contributed by atoms with Gasteiger partial charge in [-0.25, -0.2) is 0 Å². The van der Waals surface area contributed by atoms with Gasteiger partial charge in [0.1, 0.15) is 18.1 Å². The molecule has 35 heavy (non-hydrogen) atoms. The molecule has 1 saturated heterocycles. The lowest BCUT2D eigenvalue weighted by molar-refractivity contribution is 0.148. The number of thiophene rings is 1. The number of para-hydroxylation sites is 1. The summed E-state index contributed by atoms with van der Waals surface area (Å²) in [6, 6.07) is 18.9. The maximum Gasteiger partial charge on any atom is 0.149 e. The van der Waals surface area contributed by atoms with Crippen LogP contribution in [0.25, 0.3) is 21.8 Å². The SMILES string of the molecule is CN1CCN(Cc2ccc3c(c2)Cc2c(-c4cc(C#CCOc5ccccc5)cs4)n[nH]c2-3)CC1. The maximum atomic E-state index is 5.67. The second-order valence-corrected chi connectivity index (χ2v) is 10.2. The number of benzene rings is 2. The molecule has 0 radical (unpaired) electrons. The van der Waals surface area contributed by atoms with Crippen LogP contribution in [0.4, 0.5) is 0 Å². The fourth-order valence-electron chi connectivity index (χ4n) is 4.85. The van der Waals surface area contributed by atoms with Crippen molar-refractivity contribution in [1.29, 1.82) is 0 Å². The van der Waals surface area contributed by atoms with Crippen molar-refractivity contribution in [2.45, 2.75) is 13.0 Å². The quantitative estimate of drug-likeness (QED) is 0.364. The van der Waals surface area contributed by atoms with Gasteiger partial charge in [0.25, 0.3) is 0 Å². The summed E-state index contributed by atoms with van der Waals surface area (Å²) < 4.78 is 5.67. The standard InChI is InChI=1S/C29H28N4OS/c1-32-11-13-33(14-12-32)19-21-9-10-25-23(16-21)18-26-28(25)30-31-29(26)27-17-22(20-35-27)6-5-15-34-24-7-3-2-4-8-24/h2-4,7-10,16-17,20H,11-15,18-19H2,1H3,(H,30,31). The number of fused-ring (bicyclic) bond motifs is 3. The van der Waals surface area contributed by atoms with Gasteiger partial charge in [-0.15, -0.1) is 11.3 Å². The van der Waals surface area contributed by atoms with Crippen LogP contribution in [0, 0.1) is 11.8 Å². The highest BCUT2D eigenvalue weighted by Crippen LogP contribution is 2.41. The van der Waals surface area contributed by atoms with Gasteiger partial charge in [-0.1, -0.05) is 48.2 Å². The zero-order valence-electron chi connectivity index (χ0n) is 19.9. The Morgan fingerprint density at radius 1 is 1.06 bits per heavy atom. The molecule has 0 saturated carbocycles. The van der Waals surface area contributed by atoms with Crippen molar-refractivity contribution in [2.24, 2.45) is 0 Å². The highest BCUT2D eigenvalue weighted by atomic mass is 32.1. The predicted octanol–water partition coefficient (Wildman–Crippen LogP) is 4.89. The van der Waals surface area contributed by atoms with Crippen LogP contribution in [-0.2, 0) is 13.0 Å². The zero-order valence-corrected chi connectivity index (χ0v) is 20.7. The molecule has 2 aromatic heterocycles. The second kappa shape index (κ2) is 9.71. The smallest absolute Gasteiger partial charge is 0.149 e. The topological polar surface area (TPSA) is 44.4 Å². The summed E-state index contributed by atoms with van der Waals surface area (Å²) in [5.41, 5.74) is 8.61. The van der Waals surface area contributed by atoms with Crippen LogP contribution in [0.3, 0.4) is 0 Å². The van der Waals surface area contributed by atoms with Gasteiger partial charge in [0.2, 0.25) is 0 Å². The normalized spacial score (nSPS) is 15.3. The Morgan fingerprint density at radius 2 is 1.91 bits per heavy atom. The summed E-state index contributed by atoms with van der Waals surface area (Å²) in [6.45, 7) is 5.99. The van der Waals surface area contributed by atoms with E-state index in [-0.39, 0.29) is 0 Å². The summed E-state index contributed by atoms with van der Waals surface area (Å²) in [5, 5.41) is 10.1. The van der Waals surface area contributed by atoms with E-state index < -0.39 is 0 Å². The maximum absolute atomic E-state index is 5.67. The van der Waals surface area contributed by atoms with Gasteiger partial charge in [0.15, 0.2) is 0 Å². The summed E-state index contributed by atoms with van der Waals surface area (Å²) in [6.07, 6.45) is 0.927. The molecular weight excluding hydrogens is 452 g/mol. The van der Waals surface area contributed by atoms with Gasteiger partial charge in [0, 0.05) is 61.2 Å². The third-order valence-corrected chi connectivity index (χ3v) is 7.73. The average molecular weight is 481 g/mol. The van der Waals surface area contributed by atoms with Crippen LogP contribution < -0.4 is 4.74 Å². The molecular formula is C29H28N4OS. The Morgan fingerprint density at radius 3 is 2.77 bits per heavy atom. The molecule has 4 aromatic rings. The van der Waals surface area contributed by atoms with Gasteiger partial charge < -0.3 is 9.64 Å². The van der Waals surface area contributed by atoms with E-state index in [1.165, 1.54) is 27.9 Å². The fourth-order valence-corrected chi connectivity index (χ4v) is 5.71. The molecule has 0 unspecified atom stereocenters. The Labute approximate surface area is 210 Å². The van der Waals surface area contributed by atoms with Crippen LogP contribution in [0.5, 0.6) is 5.75 Å². The molecule has 3 heterocycles. The van der Waals surface area contributed by atoms with E-state index in [4.69, 9.17) is 4.74 Å². The van der Waals surface area contributed by atoms with Crippen LogP contribution in [0.15, 0.2) is 60.0 Å². The van der Waals surface area contributed by atoms with Crippen LogP contribution >= 0.6 is 11.3 Å². The average Bonchev–Trinajstić information content (AvgIpc) is 3.59. The van der Waals surface area contributed by atoms with Crippen molar-refractivity contribution in [3.05, 3.63) is 82.2 Å². The number of aromatic nitrogens is 2. The highest BCUT2D eigenvalue weighted by Gasteiger charge is 2.26. The number of ether oxygens (including phenoxy) is 1. The third kappa shape index (κ3) is 4.76. The minimum atomic E-state index is 0.374. The minimum absolute atomic E-state index is 0.374. The van der Waals surface area contributed by atoms with Crippen molar-refractivity contribution in [3.63, 3.8) is 0 Å². The minimum Gasteiger partial charge on any atom is -0.481 e. The lowest BCUT2D eigenvalue weighted by atomic mass is 10.0. The molecule has 0 spiro atoms. The third-order valence-electron chi connectivity index (χ3n) is 6.80. The first-order chi connectivity index (χ1) is 17.2. The van der Waals surface area contributed by atoms with Gasteiger partial charge in [-0.3, -0.25) is 10.00 Å². The Bertz CT molecular complexity index is 1390. The van der Waals surface area contributed by atoms with Gasteiger partial charge in [-0.2, -0.15) is 5.10 Å². The lowest BCUT2D eigenvalue weighted by Crippen LogP contribution is -2.43. The van der Waals surface area contributed by atoms with E-state index >= 15 is 0 Å². The molecule has 2 aliphatic rings. The molecule has 6 heteroatoms. The predicted molar refractivity (Wildman–Crippen MR) is 142 cm³/mol. The Kier molecular flexibility index (Phi) is 6.13. The van der Waals surface area contributed by atoms with Crippen molar-refractivity contribution >= 4 is 11.3 Å². The second-order valence-electron chi connectivity index (χ2n) is 9.28. The molecule has 1 aliphatic heterocycles. The molecule has 0 atom stereocenters. The fraction of sp³-hybridized carbons (Fsp3) is 0.276. The van der Waals surface area contributed by atoms with E-state index in [0.29, 0.717) is 6.61 Å². The van der Waals surface area contributed by atoms with Gasteiger partial charge >= 0.3 is 0 Å². The van der Waals surface area contributed by atoms with Crippen LogP contribution in [0.1, 0.15) is 22.3 Å². The molecule has 0 amide bonds. The number of nitrogens with zero attached hydrogens (tertiary/aromatic N) is 3. The number of nitrogens with one attached hydrogen (secondary N) is 1. The first-order valence-corrected chi connectivity index (χ1v) is 13.0. The van der Waals surface area contributed by atoms with Crippen molar-refractivity contribution < 1.29 is 4.74 Å². The number of aromatic amines is 1. The molecule has 1 aliphatic carbocycles. The molecule has 6 rings (SSSR count).